The minimum Gasteiger partial charge on any atom is -0.496 e. The highest BCUT2D eigenvalue weighted by molar-refractivity contribution is 5.99. The van der Waals surface area contributed by atoms with Crippen molar-refractivity contribution >= 4 is 11.7 Å². The normalized spacial score (nSPS) is 22.2. The van der Waals surface area contributed by atoms with Crippen LogP contribution in [0.4, 0.5) is 5.82 Å². The smallest absolute Gasteiger partial charge is 0.247 e. The SMILES string of the molecule is COc1cc(OC)c([C@H]2N(c3cc(C)on3)C(=O)[C@@H]3CCCN32)cc1OC. The average molecular weight is 373 g/mol. The molecule has 144 valence electrons. The number of carbonyl (C=O) groups excluding carboxylic acids is 1. The summed E-state index contributed by atoms with van der Waals surface area (Å²) >= 11 is 0. The fourth-order valence-electron chi connectivity index (χ4n) is 4.05. The first-order valence-corrected chi connectivity index (χ1v) is 8.91. The molecule has 0 N–H and O–H groups in total. The number of anilines is 1. The van der Waals surface area contributed by atoms with E-state index in [2.05, 4.69) is 10.1 Å². The van der Waals surface area contributed by atoms with Gasteiger partial charge >= 0.3 is 0 Å². The molecule has 0 radical (unpaired) electrons. The van der Waals surface area contributed by atoms with Gasteiger partial charge in [0.1, 0.15) is 17.7 Å². The molecule has 2 saturated heterocycles. The Kier molecular flexibility index (Phi) is 4.43. The van der Waals surface area contributed by atoms with Crippen LogP contribution in [0.5, 0.6) is 17.2 Å². The van der Waals surface area contributed by atoms with Gasteiger partial charge in [-0.1, -0.05) is 5.16 Å². The third-order valence-corrected chi connectivity index (χ3v) is 5.25. The minimum atomic E-state index is -0.343. The number of aromatic nitrogens is 1. The molecule has 3 heterocycles. The highest BCUT2D eigenvalue weighted by Gasteiger charge is 2.51. The molecule has 0 bridgehead atoms. The highest BCUT2D eigenvalue weighted by Crippen LogP contribution is 2.47. The topological polar surface area (TPSA) is 77.3 Å². The van der Waals surface area contributed by atoms with Gasteiger partial charge in [-0.2, -0.15) is 0 Å². The van der Waals surface area contributed by atoms with E-state index in [-0.39, 0.29) is 18.1 Å². The van der Waals surface area contributed by atoms with Crippen LogP contribution < -0.4 is 19.1 Å². The van der Waals surface area contributed by atoms with Gasteiger partial charge in [0.25, 0.3) is 0 Å². The second-order valence-electron chi connectivity index (χ2n) is 6.72. The van der Waals surface area contributed by atoms with E-state index in [1.807, 2.05) is 13.0 Å². The lowest BCUT2D eigenvalue weighted by atomic mass is 10.1. The molecule has 1 aromatic heterocycles. The molecule has 8 heteroatoms. The molecule has 0 spiro atoms. The van der Waals surface area contributed by atoms with E-state index in [4.69, 9.17) is 18.7 Å². The van der Waals surface area contributed by atoms with Crippen LogP contribution in [0.3, 0.4) is 0 Å². The number of rotatable bonds is 5. The molecule has 1 aromatic carbocycles. The van der Waals surface area contributed by atoms with E-state index in [1.165, 1.54) is 0 Å². The summed E-state index contributed by atoms with van der Waals surface area (Å²) in [4.78, 5) is 17.1. The summed E-state index contributed by atoms with van der Waals surface area (Å²) in [6.07, 6.45) is 1.47. The Labute approximate surface area is 157 Å². The van der Waals surface area contributed by atoms with E-state index in [1.54, 1.807) is 38.4 Å². The summed E-state index contributed by atoms with van der Waals surface area (Å²) < 4.78 is 21.7. The Balaban J connectivity index is 1.87. The first-order chi connectivity index (χ1) is 13.1. The van der Waals surface area contributed by atoms with Crippen LogP contribution in [-0.2, 0) is 4.79 Å². The Morgan fingerprint density at radius 2 is 1.78 bits per heavy atom. The van der Waals surface area contributed by atoms with Crippen LogP contribution in [0.15, 0.2) is 22.7 Å². The number of hydrogen-bond donors (Lipinski definition) is 0. The number of methoxy groups -OCH3 is 3. The molecule has 8 nitrogen and oxygen atoms in total. The quantitative estimate of drug-likeness (QED) is 0.797. The summed E-state index contributed by atoms with van der Waals surface area (Å²) in [7, 11) is 4.77. The summed E-state index contributed by atoms with van der Waals surface area (Å²) in [5, 5.41) is 4.09. The van der Waals surface area contributed by atoms with Crippen LogP contribution >= 0.6 is 0 Å². The number of fused-ring (bicyclic) bond motifs is 1. The zero-order valence-electron chi connectivity index (χ0n) is 15.9. The van der Waals surface area contributed by atoms with Crippen LogP contribution in [-0.4, -0.2) is 49.9 Å². The molecule has 2 aliphatic heterocycles. The third-order valence-electron chi connectivity index (χ3n) is 5.25. The number of aryl methyl sites for hydroxylation is 1. The predicted molar refractivity (Wildman–Crippen MR) is 97.3 cm³/mol. The molecule has 1 amide bonds. The molecular weight excluding hydrogens is 350 g/mol. The second kappa shape index (κ2) is 6.77. The molecule has 0 unspecified atom stereocenters. The van der Waals surface area contributed by atoms with Gasteiger partial charge in [0.15, 0.2) is 17.3 Å². The van der Waals surface area contributed by atoms with E-state index in [9.17, 15) is 4.79 Å². The van der Waals surface area contributed by atoms with E-state index in [0.29, 0.717) is 28.8 Å². The molecule has 4 rings (SSSR count). The Hall–Kier alpha value is -2.74. The molecule has 27 heavy (non-hydrogen) atoms. The van der Waals surface area contributed by atoms with Crippen molar-refractivity contribution < 1.29 is 23.5 Å². The first-order valence-electron chi connectivity index (χ1n) is 8.91. The van der Waals surface area contributed by atoms with Gasteiger partial charge in [0.2, 0.25) is 5.91 Å². The zero-order valence-corrected chi connectivity index (χ0v) is 15.9. The number of amides is 1. The van der Waals surface area contributed by atoms with Crippen molar-refractivity contribution in [3.8, 4) is 17.2 Å². The Bertz CT molecular complexity index is 865. The van der Waals surface area contributed by atoms with Crippen molar-refractivity contribution in [2.24, 2.45) is 0 Å². The number of hydrogen-bond acceptors (Lipinski definition) is 7. The number of ether oxygens (including phenoxy) is 3. The van der Waals surface area contributed by atoms with Gasteiger partial charge in [-0.15, -0.1) is 0 Å². The molecule has 2 fully saturated rings. The van der Waals surface area contributed by atoms with E-state index in [0.717, 1.165) is 24.9 Å². The van der Waals surface area contributed by atoms with Crippen molar-refractivity contribution in [1.82, 2.24) is 10.1 Å². The fraction of sp³-hybridized carbons (Fsp3) is 0.474. The standard InChI is InChI=1S/C19H23N3O5/c1-11-8-17(20-27-11)22-18(21-7-5-6-13(21)19(22)23)12-9-15(25-3)16(26-4)10-14(12)24-2/h8-10,13,18H,5-7H2,1-4H3/t13-,18+/m0/s1. The van der Waals surface area contributed by atoms with Gasteiger partial charge in [-0.3, -0.25) is 14.6 Å². The van der Waals surface area contributed by atoms with Gasteiger partial charge in [0.05, 0.1) is 27.4 Å². The van der Waals surface area contributed by atoms with Crippen molar-refractivity contribution in [1.29, 1.82) is 0 Å². The summed E-state index contributed by atoms with van der Waals surface area (Å²) in [6.45, 7) is 2.63. The Morgan fingerprint density at radius 1 is 1.07 bits per heavy atom. The second-order valence-corrected chi connectivity index (χ2v) is 6.72. The molecule has 0 aliphatic carbocycles. The molecule has 2 aliphatic rings. The molecule has 0 saturated carbocycles. The lowest BCUT2D eigenvalue weighted by molar-refractivity contribution is -0.119. The predicted octanol–water partition coefficient (Wildman–Crippen LogP) is 2.52. The summed E-state index contributed by atoms with van der Waals surface area (Å²) in [6, 6.07) is 5.27. The summed E-state index contributed by atoms with van der Waals surface area (Å²) in [5.41, 5.74) is 0.827. The van der Waals surface area contributed by atoms with Crippen molar-refractivity contribution in [2.45, 2.75) is 32.0 Å². The maximum absolute atomic E-state index is 13.2. The van der Waals surface area contributed by atoms with Crippen LogP contribution in [0.2, 0.25) is 0 Å². The van der Waals surface area contributed by atoms with Crippen LogP contribution in [0.25, 0.3) is 0 Å². The number of carbonyl (C=O) groups is 1. The van der Waals surface area contributed by atoms with Gasteiger partial charge in [-0.05, 0) is 25.8 Å². The van der Waals surface area contributed by atoms with Crippen molar-refractivity contribution in [3.63, 3.8) is 0 Å². The maximum Gasteiger partial charge on any atom is 0.247 e. The van der Waals surface area contributed by atoms with Crippen LogP contribution in [0, 0.1) is 6.92 Å². The lowest BCUT2D eigenvalue weighted by Gasteiger charge is -2.29. The third kappa shape index (κ3) is 2.71. The largest absolute Gasteiger partial charge is 0.496 e. The molecule has 2 aromatic rings. The lowest BCUT2D eigenvalue weighted by Crippen LogP contribution is -2.32. The van der Waals surface area contributed by atoms with Crippen LogP contribution in [0.1, 0.15) is 30.3 Å². The molecule has 2 atom stereocenters. The maximum atomic E-state index is 13.2. The van der Waals surface area contributed by atoms with Gasteiger partial charge < -0.3 is 18.7 Å². The fourth-order valence-corrected chi connectivity index (χ4v) is 4.05. The number of nitrogens with zero attached hydrogens (tertiary/aromatic N) is 3. The van der Waals surface area contributed by atoms with Gasteiger partial charge in [-0.25, -0.2) is 0 Å². The van der Waals surface area contributed by atoms with Crippen molar-refractivity contribution in [2.75, 3.05) is 32.8 Å². The highest BCUT2D eigenvalue weighted by atomic mass is 16.5. The first kappa shape index (κ1) is 17.7. The van der Waals surface area contributed by atoms with Gasteiger partial charge in [0, 0.05) is 24.2 Å². The summed E-state index contributed by atoms with van der Waals surface area (Å²) in [5.74, 6) is 2.98. The monoisotopic (exact) mass is 373 g/mol. The van der Waals surface area contributed by atoms with Crippen molar-refractivity contribution in [3.05, 3.63) is 29.5 Å². The van der Waals surface area contributed by atoms with E-state index >= 15 is 0 Å². The van der Waals surface area contributed by atoms with E-state index < -0.39 is 0 Å². The number of benzene rings is 1. The Morgan fingerprint density at radius 3 is 2.41 bits per heavy atom. The zero-order chi connectivity index (χ0) is 19.1. The molecular formula is C19H23N3O5. The average Bonchev–Trinajstić information content (AvgIpc) is 3.38. The minimum absolute atomic E-state index is 0.0302.